The third kappa shape index (κ3) is 3.60. The first-order chi connectivity index (χ1) is 8.02. The van der Waals surface area contributed by atoms with E-state index in [4.69, 9.17) is 9.47 Å². The van der Waals surface area contributed by atoms with Gasteiger partial charge in [0.1, 0.15) is 5.76 Å². The third-order valence-electron chi connectivity index (χ3n) is 2.88. The van der Waals surface area contributed by atoms with Crippen molar-refractivity contribution in [3.63, 3.8) is 0 Å². The zero-order valence-corrected chi connectivity index (χ0v) is 11.2. The van der Waals surface area contributed by atoms with E-state index >= 15 is 0 Å². The summed E-state index contributed by atoms with van der Waals surface area (Å²) in [6.07, 6.45) is 0.783. The zero-order chi connectivity index (χ0) is 12.9. The molecule has 94 valence electrons. The molecule has 0 fully saturated rings. The summed E-state index contributed by atoms with van der Waals surface area (Å²) in [5, 5.41) is 0. The maximum absolute atomic E-state index is 5.88. The Kier molecular flexibility index (Phi) is 4.76. The van der Waals surface area contributed by atoms with Crippen LogP contribution in [0.15, 0.2) is 30.8 Å². The second-order valence-corrected chi connectivity index (χ2v) is 4.26. The van der Waals surface area contributed by atoms with Gasteiger partial charge in [-0.25, -0.2) is 0 Å². The molecule has 1 aromatic carbocycles. The first-order valence-electron chi connectivity index (χ1n) is 6.10. The molecule has 0 aliphatic carbocycles. The summed E-state index contributed by atoms with van der Waals surface area (Å²) in [5.41, 5.74) is 2.19. The molecule has 1 unspecified atom stereocenters. The number of hydrogen-bond acceptors (Lipinski definition) is 2. The van der Waals surface area contributed by atoms with E-state index < -0.39 is 5.79 Å². The third-order valence-corrected chi connectivity index (χ3v) is 2.88. The molecule has 1 rings (SSSR count). The van der Waals surface area contributed by atoms with Crippen molar-refractivity contribution in [2.75, 3.05) is 6.61 Å². The van der Waals surface area contributed by atoms with E-state index in [0.717, 1.165) is 17.5 Å². The summed E-state index contributed by atoms with van der Waals surface area (Å²) >= 11 is 0. The van der Waals surface area contributed by atoms with Crippen molar-refractivity contribution in [2.45, 2.75) is 39.9 Å². The number of ether oxygens (including phenoxy) is 2. The predicted octanol–water partition coefficient (Wildman–Crippen LogP) is 4.15. The molecule has 0 saturated heterocycles. The van der Waals surface area contributed by atoms with Crippen molar-refractivity contribution in [3.8, 4) is 0 Å². The average Bonchev–Trinajstić information content (AvgIpc) is 2.29. The maximum atomic E-state index is 5.88. The Morgan fingerprint density at radius 1 is 1.29 bits per heavy atom. The van der Waals surface area contributed by atoms with Crippen LogP contribution in [0.1, 0.15) is 38.3 Å². The van der Waals surface area contributed by atoms with Gasteiger partial charge in [-0.05, 0) is 19.4 Å². The highest BCUT2D eigenvalue weighted by Crippen LogP contribution is 2.27. The van der Waals surface area contributed by atoms with Crippen LogP contribution in [-0.2, 0) is 9.47 Å². The molecule has 0 N–H and O–H groups in total. The summed E-state index contributed by atoms with van der Waals surface area (Å²) < 4.78 is 11.5. The first kappa shape index (κ1) is 13.8. The Balaban J connectivity index is 2.82. The van der Waals surface area contributed by atoms with Crippen LogP contribution in [0.25, 0.3) is 5.76 Å². The van der Waals surface area contributed by atoms with Crippen LogP contribution in [-0.4, -0.2) is 12.4 Å². The Morgan fingerprint density at radius 3 is 2.47 bits per heavy atom. The quantitative estimate of drug-likeness (QED) is 0.544. The fraction of sp³-hybridized carbons (Fsp3) is 0.467. The predicted molar refractivity (Wildman–Crippen MR) is 71.6 cm³/mol. The average molecular weight is 234 g/mol. The van der Waals surface area contributed by atoms with E-state index in [2.05, 4.69) is 6.58 Å². The fourth-order valence-corrected chi connectivity index (χ4v) is 1.71. The molecule has 2 nitrogen and oxygen atoms in total. The van der Waals surface area contributed by atoms with Gasteiger partial charge in [0.25, 0.3) is 0 Å². The molecule has 0 aliphatic rings. The molecule has 0 spiro atoms. The lowest BCUT2D eigenvalue weighted by Crippen LogP contribution is -2.30. The van der Waals surface area contributed by atoms with Crippen molar-refractivity contribution < 1.29 is 9.47 Å². The summed E-state index contributed by atoms with van der Waals surface area (Å²) in [6, 6.07) is 8.06. The smallest absolute Gasteiger partial charge is 0.207 e. The Hall–Kier alpha value is -1.28. The minimum absolute atomic E-state index is 0.589. The van der Waals surface area contributed by atoms with Crippen LogP contribution in [0.3, 0.4) is 0 Å². The summed E-state index contributed by atoms with van der Waals surface area (Å²) in [7, 11) is 0. The van der Waals surface area contributed by atoms with Crippen molar-refractivity contribution >= 4 is 5.76 Å². The van der Waals surface area contributed by atoms with E-state index in [1.165, 1.54) is 0 Å². The van der Waals surface area contributed by atoms with Gasteiger partial charge >= 0.3 is 0 Å². The van der Waals surface area contributed by atoms with Crippen LogP contribution in [0, 0.1) is 6.92 Å². The lowest BCUT2D eigenvalue weighted by atomic mass is 10.1. The minimum Gasteiger partial charge on any atom is -0.463 e. The second-order valence-electron chi connectivity index (χ2n) is 4.26. The molecule has 0 radical (unpaired) electrons. The van der Waals surface area contributed by atoms with Crippen LogP contribution in [0.5, 0.6) is 0 Å². The molecule has 0 amide bonds. The number of hydrogen-bond donors (Lipinski definition) is 0. The lowest BCUT2D eigenvalue weighted by molar-refractivity contribution is -0.184. The topological polar surface area (TPSA) is 18.5 Å². The fourth-order valence-electron chi connectivity index (χ4n) is 1.71. The van der Waals surface area contributed by atoms with Crippen LogP contribution < -0.4 is 0 Å². The van der Waals surface area contributed by atoms with Gasteiger partial charge < -0.3 is 9.47 Å². The maximum Gasteiger partial charge on any atom is 0.207 e. The van der Waals surface area contributed by atoms with Crippen molar-refractivity contribution in [3.05, 3.63) is 42.0 Å². The van der Waals surface area contributed by atoms with Gasteiger partial charge in [0, 0.05) is 25.5 Å². The lowest BCUT2D eigenvalue weighted by Gasteiger charge is -2.30. The van der Waals surface area contributed by atoms with Gasteiger partial charge in [0.2, 0.25) is 5.79 Å². The Labute approximate surface area is 104 Å². The minimum atomic E-state index is -0.589. The van der Waals surface area contributed by atoms with E-state index in [1.807, 2.05) is 52.0 Å². The normalized spacial score (nSPS) is 14.1. The summed E-state index contributed by atoms with van der Waals surface area (Å²) in [6.45, 7) is 12.6. The van der Waals surface area contributed by atoms with Gasteiger partial charge in [-0.1, -0.05) is 37.8 Å². The Bertz CT molecular complexity index is 384. The van der Waals surface area contributed by atoms with Crippen LogP contribution in [0.4, 0.5) is 0 Å². The molecule has 1 aromatic rings. The van der Waals surface area contributed by atoms with Crippen molar-refractivity contribution in [2.24, 2.45) is 0 Å². The van der Waals surface area contributed by atoms with E-state index in [-0.39, 0.29) is 0 Å². The molecule has 0 aromatic heterocycles. The Morgan fingerprint density at radius 2 is 1.94 bits per heavy atom. The summed E-state index contributed by atoms with van der Waals surface area (Å²) in [4.78, 5) is 0. The van der Waals surface area contributed by atoms with Crippen molar-refractivity contribution in [1.82, 2.24) is 0 Å². The number of aryl methyl sites for hydroxylation is 1. The summed E-state index contributed by atoms with van der Waals surface area (Å²) in [5.74, 6) is 0.0783. The standard InChI is InChI=1S/C15H22O2/c1-6-15(5,16-7-2)17-13(4)14-11-9-8-10-12(14)3/h8-11H,4,6-7H2,1-3,5H3. The first-order valence-corrected chi connectivity index (χ1v) is 6.10. The monoisotopic (exact) mass is 234 g/mol. The van der Waals surface area contributed by atoms with Gasteiger partial charge in [0.15, 0.2) is 0 Å². The molecule has 0 saturated carbocycles. The second kappa shape index (κ2) is 5.87. The molecule has 0 heterocycles. The molecule has 2 heteroatoms. The molecule has 1 atom stereocenters. The van der Waals surface area contributed by atoms with E-state index in [9.17, 15) is 0 Å². The number of rotatable bonds is 6. The zero-order valence-electron chi connectivity index (χ0n) is 11.2. The van der Waals surface area contributed by atoms with Gasteiger partial charge in [-0.2, -0.15) is 0 Å². The highest BCUT2D eigenvalue weighted by Gasteiger charge is 2.25. The van der Waals surface area contributed by atoms with Crippen LogP contribution in [0.2, 0.25) is 0 Å². The number of benzene rings is 1. The van der Waals surface area contributed by atoms with Gasteiger partial charge in [0.05, 0.1) is 0 Å². The van der Waals surface area contributed by atoms with E-state index in [1.54, 1.807) is 0 Å². The van der Waals surface area contributed by atoms with Crippen molar-refractivity contribution in [1.29, 1.82) is 0 Å². The molecular weight excluding hydrogens is 212 g/mol. The highest BCUT2D eigenvalue weighted by molar-refractivity contribution is 5.60. The SMILES string of the molecule is C=C(OC(C)(CC)OCC)c1ccccc1C. The van der Waals surface area contributed by atoms with E-state index in [0.29, 0.717) is 12.4 Å². The van der Waals surface area contributed by atoms with Gasteiger partial charge in [-0.3, -0.25) is 0 Å². The largest absolute Gasteiger partial charge is 0.463 e. The molecule has 0 aliphatic heterocycles. The van der Waals surface area contributed by atoms with Gasteiger partial charge in [-0.15, -0.1) is 0 Å². The molecule has 0 bridgehead atoms. The highest BCUT2D eigenvalue weighted by atomic mass is 16.7. The molecule has 17 heavy (non-hydrogen) atoms. The van der Waals surface area contributed by atoms with Crippen LogP contribution >= 0.6 is 0 Å². The molecular formula is C15H22O2.